The van der Waals surface area contributed by atoms with Crippen molar-refractivity contribution < 1.29 is 5.11 Å². The Morgan fingerprint density at radius 1 is 0.895 bits per heavy atom. The standard InChI is InChI=1S/C17H21NO/c1-18(13-16-10-6-3-7-11-16)14-17(19)12-15-8-4-2-5-9-15/h2-11,17,19H,12-14H2,1H3. The summed E-state index contributed by atoms with van der Waals surface area (Å²) >= 11 is 0. The predicted molar refractivity (Wildman–Crippen MR) is 78.9 cm³/mol. The summed E-state index contributed by atoms with van der Waals surface area (Å²) in [6.07, 6.45) is 0.385. The molecule has 0 aliphatic rings. The van der Waals surface area contributed by atoms with Gasteiger partial charge in [0.25, 0.3) is 0 Å². The van der Waals surface area contributed by atoms with Gasteiger partial charge in [-0.25, -0.2) is 0 Å². The SMILES string of the molecule is CN(Cc1ccccc1)CC(O)Cc1ccccc1. The van der Waals surface area contributed by atoms with Crippen LogP contribution in [0.25, 0.3) is 0 Å². The van der Waals surface area contributed by atoms with Crippen LogP contribution in [0.3, 0.4) is 0 Å². The fourth-order valence-corrected chi connectivity index (χ4v) is 2.27. The highest BCUT2D eigenvalue weighted by atomic mass is 16.3. The molecule has 0 fully saturated rings. The number of aliphatic hydroxyl groups is 1. The molecule has 0 aliphatic carbocycles. The fraction of sp³-hybridized carbons (Fsp3) is 0.294. The van der Waals surface area contributed by atoms with E-state index in [1.54, 1.807) is 0 Å². The molecule has 0 bridgehead atoms. The van der Waals surface area contributed by atoms with Crippen molar-refractivity contribution in [2.75, 3.05) is 13.6 Å². The van der Waals surface area contributed by atoms with Gasteiger partial charge < -0.3 is 5.11 Å². The minimum atomic E-state index is -0.323. The normalized spacial score (nSPS) is 12.6. The third-order valence-electron chi connectivity index (χ3n) is 3.13. The fourth-order valence-electron chi connectivity index (χ4n) is 2.27. The Morgan fingerprint density at radius 2 is 1.42 bits per heavy atom. The van der Waals surface area contributed by atoms with Gasteiger partial charge in [0, 0.05) is 13.1 Å². The number of hydrogen-bond acceptors (Lipinski definition) is 2. The van der Waals surface area contributed by atoms with E-state index >= 15 is 0 Å². The number of nitrogens with zero attached hydrogens (tertiary/aromatic N) is 1. The summed E-state index contributed by atoms with van der Waals surface area (Å²) in [5.74, 6) is 0. The lowest BCUT2D eigenvalue weighted by Crippen LogP contribution is -2.30. The largest absolute Gasteiger partial charge is 0.391 e. The summed E-state index contributed by atoms with van der Waals surface area (Å²) in [6, 6.07) is 20.5. The van der Waals surface area contributed by atoms with Gasteiger partial charge in [-0.3, -0.25) is 4.90 Å². The Morgan fingerprint density at radius 3 is 2.00 bits per heavy atom. The molecule has 1 unspecified atom stereocenters. The van der Waals surface area contributed by atoms with Crippen molar-refractivity contribution in [1.82, 2.24) is 4.90 Å². The van der Waals surface area contributed by atoms with Crippen molar-refractivity contribution in [2.24, 2.45) is 0 Å². The van der Waals surface area contributed by atoms with Crippen LogP contribution in [-0.4, -0.2) is 29.7 Å². The average molecular weight is 255 g/mol. The van der Waals surface area contributed by atoms with Crippen molar-refractivity contribution in [1.29, 1.82) is 0 Å². The molecular formula is C17H21NO. The van der Waals surface area contributed by atoms with Crippen LogP contribution in [0.15, 0.2) is 60.7 Å². The van der Waals surface area contributed by atoms with Gasteiger partial charge >= 0.3 is 0 Å². The summed E-state index contributed by atoms with van der Waals surface area (Å²) < 4.78 is 0. The van der Waals surface area contributed by atoms with E-state index in [1.165, 1.54) is 11.1 Å². The molecule has 2 aromatic rings. The molecule has 2 aromatic carbocycles. The predicted octanol–water partition coefficient (Wildman–Crippen LogP) is 2.72. The van der Waals surface area contributed by atoms with E-state index in [4.69, 9.17) is 0 Å². The van der Waals surface area contributed by atoms with Gasteiger partial charge in [0.1, 0.15) is 0 Å². The molecule has 0 aliphatic heterocycles. The summed E-state index contributed by atoms with van der Waals surface area (Å²) in [5.41, 5.74) is 2.46. The van der Waals surface area contributed by atoms with Crippen molar-refractivity contribution in [3.63, 3.8) is 0 Å². The van der Waals surface area contributed by atoms with Crippen LogP contribution in [0.4, 0.5) is 0 Å². The lowest BCUT2D eigenvalue weighted by atomic mass is 10.1. The van der Waals surface area contributed by atoms with E-state index in [0.29, 0.717) is 13.0 Å². The Hall–Kier alpha value is -1.64. The van der Waals surface area contributed by atoms with E-state index in [-0.39, 0.29) is 6.10 Å². The monoisotopic (exact) mass is 255 g/mol. The number of benzene rings is 2. The molecule has 0 radical (unpaired) electrons. The molecule has 19 heavy (non-hydrogen) atoms. The summed E-state index contributed by atoms with van der Waals surface area (Å²) in [7, 11) is 2.04. The Kier molecular flexibility index (Phi) is 5.13. The zero-order chi connectivity index (χ0) is 13.5. The van der Waals surface area contributed by atoms with Crippen LogP contribution in [0.2, 0.25) is 0 Å². The summed E-state index contributed by atoms with van der Waals surface area (Å²) in [6.45, 7) is 1.55. The van der Waals surface area contributed by atoms with Crippen LogP contribution in [0, 0.1) is 0 Å². The molecule has 0 spiro atoms. The first kappa shape index (κ1) is 13.8. The first-order chi connectivity index (χ1) is 9.24. The molecule has 1 N–H and O–H groups in total. The topological polar surface area (TPSA) is 23.5 Å². The quantitative estimate of drug-likeness (QED) is 0.858. The average Bonchev–Trinajstić information content (AvgIpc) is 2.40. The minimum Gasteiger partial charge on any atom is -0.391 e. The van der Waals surface area contributed by atoms with E-state index in [9.17, 15) is 5.11 Å². The zero-order valence-corrected chi connectivity index (χ0v) is 11.4. The molecule has 2 rings (SSSR count). The molecule has 2 heteroatoms. The van der Waals surface area contributed by atoms with Crippen LogP contribution in [0.1, 0.15) is 11.1 Å². The van der Waals surface area contributed by atoms with Gasteiger partial charge in [-0.2, -0.15) is 0 Å². The number of likely N-dealkylation sites (N-methyl/N-ethyl adjacent to an activating group) is 1. The first-order valence-corrected chi connectivity index (χ1v) is 6.68. The minimum absolute atomic E-state index is 0.323. The number of hydrogen-bond donors (Lipinski definition) is 1. The molecule has 0 saturated carbocycles. The molecule has 0 saturated heterocycles. The molecule has 0 aromatic heterocycles. The Bertz CT molecular complexity index is 424. The van der Waals surface area contributed by atoms with Gasteiger partial charge in [-0.05, 0) is 24.6 Å². The smallest absolute Gasteiger partial charge is 0.0707 e. The maximum absolute atomic E-state index is 10.1. The Labute approximate surface area is 115 Å². The maximum atomic E-state index is 10.1. The summed E-state index contributed by atoms with van der Waals surface area (Å²) in [4.78, 5) is 2.16. The van der Waals surface area contributed by atoms with E-state index in [2.05, 4.69) is 29.2 Å². The first-order valence-electron chi connectivity index (χ1n) is 6.68. The van der Waals surface area contributed by atoms with Crippen LogP contribution in [0.5, 0.6) is 0 Å². The van der Waals surface area contributed by atoms with E-state index < -0.39 is 0 Å². The van der Waals surface area contributed by atoms with Gasteiger partial charge in [0.15, 0.2) is 0 Å². The van der Waals surface area contributed by atoms with Gasteiger partial charge in [0.05, 0.1) is 6.10 Å². The zero-order valence-electron chi connectivity index (χ0n) is 11.4. The maximum Gasteiger partial charge on any atom is 0.0707 e. The second-order valence-corrected chi connectivity index (χ2v) is 5.03. The highest BCUT2D eigenvalue weighted by molar-refractivity contribution is 5.16. The third kappa shape index (κ3) is 4.86. The van der Waals surface area contributed by atoms with E-state index in [0.717, 1.165) is 6.54 Å². The van der Waals surface area contributed by atoms with Gasteiger partial charge in [-0.15, -0.1) is 0 Å². The second-order valence-electron chi connectivity index (χ2n) is 5.03. The van der Waals surface area contributed by atoms with Crippen LogP contribution < -0.4 is 0 Å². The van der Waals surface area contributed by atoms with E-state index in [1.807, 2.05) is 43.4 Å². The molecule has 0 heterocycles. The Balaban J connectivity index is 1.80. The highest BCUT2D eigenvalue weighted by Crippen LogP contribution is 2.07. The van der Waals surface area contributed by atoms with Crippen molar-refractivity contribution in [3.05, 3.63) is 71.8 Å². The molecule has 100 valence electrons. The number of aliphatic hydroxyl groups excluding tert-OH is 1. The summed E-state index contributed by atoms with van der Waals surface area (Å²) in [5, 5.41) is 10.1. The lowest BCUT2D eigenvalue weighted by Gasteiger charge is -2.20. The molecule has 1 atom stereocenters. The van der Waals surface area contributed by atoms with Crippen LogP contribution >= 0.6 is 0 Å². The van der Waals surface area contributed by atoms with Crippen molar-refractivity contribution in [3.8, 4) is 0 Å². The second kappa shape index (κ2) is 7.07. The van der Waals surface area contributed by atoms with Crippen molar-refractivity contribution >= 4 is 0 Å². The van der Waals surface area contributed by atoms with Gasteiger partial charge in [0.2, 0.25) is 0 Å². The van der Waals surface area contributed by atoms with Gasteiger partial charge in [-0.1, -0.05) is 60.7 Å². The highest BCUT2D eigenvalue weighted by Gasteiger charge is 2.09. The van der Waals surface area contributed by atoms with Crippen LogP contribution in [-0.2, 0) is 13.0 Å². The molecule has 0 amide bonds. The van der Waals surface area contributed by atoms with Crippen molar-refractivity contribution in [2.45, 2.75) is 19.1 Å². The molecular weight excluding hydrogens is 234 g/mol. The molecule has 2 nitrogen and oxygen atoms in total. The lowest BCUT2D eigenvalue weighted by molar-refractivity contribution is 0.123. The number of rotatable bonds is 6. The third-order valence-corrected chi connectivity index (χ3v) is 3.13.